The highest BCUT2D eigenvalue weighted by Crippen LogP contribution is 2.38. The number of carbonyl (C=O) groups excluding carboxylic acids is 1. The summed E-state index contributed by atoms with van der Waals surface area (Å²) in [7, 11) is 0. The lowest BCUT2D eigenvalue weighted by atomic mass is 9.94. The Labute approximate surface area is 128 Å². The number of carboxylic acids is 1. The first kappa shape index (κ1) is 18.0. The fraction of sp³-hybridized carbons (Fsp3) is 0.882. The zero-order chi connectivity index (χ0) is 16.0. The van der Waals surface area contributed by atoms with Gasteiger partial charge in [-0.25, -0.2) is 0 Å². The second-order valence-corrected chi connectivity index (χ2v) is 7.03. The molecule has 0 aromatic heterocycles. The fourth-order valence-corrected chi connectivity index (χ4v) is 3.29. The maximum absolute atomic E-state index is 12.4. The van der Waals surface area contributed by atoms with Crippen molar-refractivity contribution in [3.8, 4) is 0 Å². The molecule has 1 saturated carbocycles. The average molecular weight is 297 g/mol. The standard InChI is InChI=1S/C17H31NO3/c1-5-13-9-14(15(10-13)17(20)21)16(19)18-12(4)8-6-7-11(2)3/h11-15H,5-10H2,1-4H3,(H,18,19)(H,20,21). The van der Waals surface area contributed by atoms with Gasteiger partial charge in [0, 0.05) is 6.04 Å². The van der Waals surface area contributed by atoms with Crippen molar-refractivity contribution >= 4 is 11.9 Å². The molecule has 0 radical (unpaired) electrons. The van der Waals surface area contributed by atoms with E-state index in [4.69, 9.17) is 0 Å². The SMILES string of the molecule is CCC1CC(C(=O)O)C(C(=O)NC(C)CCCC(C)C)C1. The molecule has 1 aliphatic rings. The lowest BCUT2D eigenvalue weighted by Crippen LogP contribution is -2.40. The number of rotatable bonds is 8. The predicted octanol–water partition coefficient (Wildman–Crippen LogP) is 3.45. The van der Waals surface area contributed by atoms with Crippen molar-refractivity contribution in [1.29, 1.82) is 0 Å². The van der Waals surface area contributed by atoms with Crippen molar-refractivity contribution in [1.82, 2.24) is 5.32 Å². The van der Waals surface area contributed by atoms with E-state index in [2.05, 4.69) is 26.1 Å². The van der Waals surface area contributed by atoms with Crippen LogP contribution in [-0.2, 0) is 9.59 Å². The average Bonchev–Trinajstić information content (AvgIpc) is 2.82. The summed E-state index contributed by atoms with van der Waals surface area (Å²) >= 11 is 0. The quantitative estimate of drug-likeness (QED) is 0.721. The second kappa shape index (κ2) is 8.40. The molecule has 4 heteroatoms. The van der Waals surface area contributed by atoms with Gasteiger partial charge in [-0.3, -0.25) is 9.59 Å². The summed E-state index contributed by atoms with van der Waals surface area (Å²) < 4.78 is 0. The minimum Gasteiger partial charge on any atom is -0.481 e. The van der Waals surface area contributed by atoms with E-state index in [1.165, 1.54) is 6.42 Å². The number of nitrogens with one attached hydrogen (secondary N) is 1. The topological polar surface area (TPSA) is 66.4 Å². The van der Waals surface area contributed by atoms with Crippen molar-refractivity contribution in [2.24, 2.45) is 23.7 Å². The Balaban J connectivity index is 2.47. The van der Waals surface area contributed by atoms with E-state index in [1.807, 2.05) is 6.92 Å². The first-order chi connectivity index (χ1) is 9.85. The van der Waals surface area contributed by atoms with Crippen LogP contribution in [0.5, 0.6) is 0 Å². The monoisotopic (exact) mass is 297 g/mol. The number of aliphatic carboxylic acids is 1. The molecule has 0 heterocycles. The van der Waals surface area contributed by atoms with Crippen LogP contribution in [0.2, 0.25) is 0 Å². The van der Waals surface area contributed by atoms with Gasteiger partial charge in [0.25, 0.3) is 0 Å². The summed E-state index contributed by atoms with van der Waals surface area (Å²) in [4.78, 5) is 23.7. The van der Waals surface area contributed by atoms with Crippen molar-refractivity contribution in [3.05, 3.63) is 0 Å². The molecule has 122 valence electrons. The highest BCUT2D eigenvalue weighted by atomic mass is 16.4. The first-order valence-corrected chi connectivity index (χ1v) is 8.38. The van der Waals surface area contributed by atoms with Crippen LogP contribution >= 0.6 is 0 Å². The summed E-state index contributed by atoms with van der Waals surface area (Å²) in [5, 5.41) is 12.3. The number of hydrogen-bond acceptors (Lipinski definition) is 2. The minimum absolute atomic E-state index is 0.0598. The molecule has 4 atom stereocenters. The van der Waals surface area contributed by atoms with Gasteiger partial charge in [-0.2, -0.15) is 0 Å². The normalized spacial score (nSPS) is 26.8. The van der Waals surface area contributed by atoms with E-state index < -0.39 is 11.9 Å². The summed E-state index contributed by atoms with van der Waals surface area (Å²) in [5.74, 6) is -0.672. The van der Waals surface area contributed by atoms with Crippen molar-refractivity contribution in [2.45, 2.75) is 72.3 Å². The van der Waals surface area contributed by atoms with Gasteiger partial charge < -0.3 is 10.4 Å². The molecule has 1 rings (SSSR count). The van der Waals surface area contributed by atoms with Gasteiger partial charge >= 0.3 is 5.97 Å². The highest BCUT2D eigenvalue weighted by molar-refractivity contribution is 5.85. The van der Waals surface area contributed by atoms with Gasteiger partial charge in [-0.1, -0.05) is 40.0 Å². The Morgan fingerprint density at radius 2 is 1.76 bits per heavy atom. The summed E-state index contributed by atoms with van der Waals surface area (Å²) in [6, 6.07) is 0.131. The molecule has 4 unspecified atom stereocenters. The van der Waals surface area contributed by atoms with Crippen LogP contribution in [0, 0.1) is 23.7 Å². The van der Waals surface area contributed by atoms with Crippen LogP contribution in [0.1, 0.15) is 66.2 Å². The lowest BCUT2D eigenvalue weighted by molar-refractivity contribution is -0.146. The molecule has 0 saturated heterocycles. The maximum atomic E-state index is 12.4. The molecule has 1 fully saturated rings. The lowest BCUT2D eigenvalue weighted by Gasteiger charge is -2.20. The van der Waals surface area contributed by atoms with E-state index in [1.54, 1.807) is 0 Å². The van der Waals surface area contributed by atoms with Crippen molar-refractivity contribution in [3.63, 3.8) is 0 Å². The van der Waals surface area contributed by atoms with E-state index in [9.17, 15) is 14.7 Å². The van der Waals surface area contributed by atoms with Crippen molar-refractivity contribution < 1.29 is 14.7 Å². The van der Waals surface area contributed by atoms with Gasteiger partial charge in [-0.15, -0.1) is 0 Å². The zero-order valence-electron chi connectivity index (χ0n) is 13.9. The van der Waals surface area contributed by atoms with Crippen LogP contribution in [0.4, 0.5) is 0 Å². The van der Waals surface area contributed by atoms with E-state index >= 15 is 0 Å². The number of carboxylic acid groups (broad SMARTS) is 1. The van der Waals surface area contributed by atoms with Gasteiger partial charge in [0.2, 0.25) is 5.91 Å². The van der Waals surface area contributed by atoms with Crippen LogP contribution in [-0.4, -0.2) is 23.0 Å². The van der Waals surface area contributed by atoms with Crippen LogP contribution in [0.15, 0.2) is 0 Å². The Kier molecular flexibility index (Phi) is 7.20. The maximum Gasteiger partial charge on any atom is 0.307 e. The molecular weight excluding hydrogens is 266 g/mol. The Morgan fingerprint density at radius 1 is 1.14 bits per heavy atom. The number of hydrogen-bond donors (Lipinski definition) is 2. The van der Waals surface area contributed by atoms with Crippen molar-refractivity contribution in [2.75, 3.05) is 0 Å². The number of carbonyl (C=O) groups is 2. The van der Waals surface area contributed by atoms with E-state index in [-0.39, 0.29) is 17.9 Å². The molecule has 0 spiro atoms. The summed E-state index contributed by atoms with van der Waals surface area (Å²) in [5.41, 5.74) is 0. The molecule has 21 heavy (non-hydrogen) atoms. The number of amides is 1. The molecule has 1 aliphatic carbocycles. The Bertz CT molecular complexity index is 354. The van der Waals surface area contributed by atoms with E-state index in [0.717, 1.165) is 25.7 Å². The van der Waals surface area contributed by atoms with Gasteiger partial charge in [-0.05, 0) is 38.0 Å². The summed E-state index contributed by atoms with van der Waals surface area (Å²) in [6.07, 6.45) is 5.55. The predicted molar refractivity (Wildman–Crippen MR) is 83.9 cm³/mol. The third-order valence-corrected chi connectivity index (χ3v) is 4.70. The van der Waals surface area contributed by atoms with Gasteiger partial charge in [0.15, 0.2) is 0 Å². The summed E-state index contributed by atoms with van der Waals surface area (Å²) in [6.45, 7) is 8.48. The molecule has 0 aromatic carbocycles. The van der Waals surface area contributed by atoms with Gasteiger partial charge in [0.1, 0.15) is 0 Å². The Morgan fingerprint density at radius 3 is 2.29 bits per heavy atom. The highest BCUT2D eigenvalue weighted by Gasteiger charge is 2.42. The fourth-order valence-electron chi connectivity index (χ4n) is 3.29. The zero-order valence-corrected chi connectivity index (χ0v) is 13.9. The molecule has 1 amide bonds. The molecule has 0 aliphatic heterocycles. The first-order valence-electron chi connectivity index (χ1n) is 8.38. The van der Waals surface area contributed by atoms with E-state index in [0.29, 0.717) is 18.3 Å². The largest absolute Gasteiger partial charge is 0.481 e. The molecule has 4 nitrogen and oxygen atoms in total. The van der Waals surface area contributed by atoms with Crippen LogP contribution in [0.3, 0.4) is 0 Å². The molecule has 0 bridgehead atoms. The van der Waals surface area contributed by atoms with Gasteiger partial charge in [0.05, 0.1) is 11.8 Å². The molecule has 2 N–H and O–H groups in total. The minimum atomic E-state index is -0.821. The third kappa shape index (κ3) is 5.68. The third-order valence-electron chi connectivity index (χ3n) is 4.70. The molecule has 0 aromatic rings. The van der Waals surface area contributed by atoms with Crippen LogP contribution in [0.25, 0.3) is 0 Å². The van der Waals surface area contributed by atoms with Crippen LogP contribution < -0.4 is 5.32 Å². The Hall–Kier alpha value is -1.06. The second-order valence-electron chi connectivity index (χ2n) is 7.03. The smallest absolute Gasteiger partial charge is 0.307 e. The molecular formula is C17H31NO3.